The smallest absolute Gasteiger partial charge is 0.307 e. The molecule has 0 aromatic heterocycles. The summed E-state index contributed by atoms with van der Waals surface area (Å²) in [6.07, 6.45) is 13.1. The summed E-state index contributed by atoms with van der Waals surface area (Å²) in [6, 6.07) is 7.54. The fourth-order valence-corrected chi connectivity index (χ4v) is 3.03. The molecule has 1 aliphatic rings. The molecule has 5 nitrogen and oxygen atoms in total. The van der Waals surface area contributed by atoms with Gasteiger partial charge in [-0.1, -0.05) is 75.4 Å². The molecule has 0 heterocycles. The number of carbonyl (C=O) groups is 3. The monoisotopic (exact) mass is 421 g/mol. The first-order valence-corrected chi connectivity index (χ1v) is 10.5. The number of benzene rings is 1. The topological polar surface area (TPSA) is 83.5 Å². The first-order chi connectivity index (χ1) is 14.6. The molecular weight excluding hydrogens is 390 g/mol. The van der Waals surface area contributed by atoms with Crippen molar-refractivity contribution in [1.82, 2.24) is 0 Å². The Morgan fingerprint density at radius 2 is 1.81 bits per heavy atom. The second-order valence-corrected chi connectivity index (χ2v) is 8.68. The van der Waals surface area contributed by atoms with E-state index < -0.39 is 23.2 Å². The molecule has 0 radical (unpaired) electrons. The molecule has 0 saturated heterocycles. The molecule has 5 heteroatoms. The lowest BCUT2D eigenvalue weighted by molar-refractivity contribution is -0.143. The van der Waals surface area contributed by atoms with Crippen molar-refractivity contribution < 1.29 is 19.5 Å². The number of Topliss-reactive ketones (excluding diaryl/α,β-unsaturated/α-hetero) is 1. The van der Waals surface area contributed by atoms with E-state index in [1.165, 1.54) is 0 Å². The standard InChI is InChI=1S/C26H31NO4/c1-5-6-8-21(24(29)30)17-23(28)20-10-7-9-18(11-12-20)19-13-15-22(16-14-19)27-25(31)26(2,3)4/h5-7,9-16,20-21H,8,17H2,1-4H3,(H,27,31)(H,29,30)/b6-5+. The third-order valence-electron chi connectivity index (χ3n) is 5.06. The number of nitrogens with one attached hydrogen (secondary N) is 1. The van der Waals surface area contributed by atoms with Crippen molar-refractivity contribution in [1.29, 1.82) is 0 Å². The number of carboxylic acid groups (broad SMARTS) is 1. The Morgan fingerprint density at radius 1 is 1.13 bits per heavy atom. The maximum atomic E-state index is 12.6. The van der Waals surface area contributed by atoms with Crippen molar-refractivity contribution in [2.45, 2.75) is 40.5 Å². The van der Waals surface area contributed by atoms with Crippen molar-refractivity contribution >= 4 is 28.9 Å². The second kappa shape index (κ2) is 10.7. The number of amides is 1. The second-order valence-electron chi connectivity index (χ2n) is 8.68. The Balaban J connectivity index is 2.05. The fourth-order valence-electron chi connectivity index (χ4n) is 3.03. The van der Waals surface area contributed by atoms with Crippen LogP contribution in [0.25, 0.3) is 5.57 Å². The Bertz CT molecular complexity index is 927. The first-order valence-electron chi connectivity index (χ1n) is 10.5. The van der Waals surface area contributed by atoms with Gasteiger partial charge in [0.2, 0.25) is 5.91 Å². The average Bonchev–Trinajstić information content (AvgIpc) is 2.97. The lowest BCUT2D eigenvalue weighted by Gasteiger charge is -2.17. The van der Waals surface area contributed by atoms with E-state index >= 15 is 0 Å². The van der Waals surface area contributed by atoms with Crippen LogP contribution < -0.4 is 5.32 Å². The Hall–Kier alpha value is -3.21. The molecule has 164 valence electrons. The molecule has 0 saturated carbocycles. The van der Waals surface area contributed by atoms with Crippen molar-refractivity contribution in [3.63, 3.8) is 0 Å². The number of aliphatic carboxylic acids is 1. The normalized spacial score (nSPS) is 17.2. The molecule has 2 unspecified atom stereocenters. The van der Waals surface area contributed by atoms with Gasteiger partial charge in [0.1, 0.15) is 5.78 Å². The lowest BCUT2D eigenvalue weighted by atomic mass is 9.91. The molecule has 0 fully saturated rings. The van der Waals surface area contributed by atoms with Crippen LogP contribution in [-0.2, 0) is 14.4 Å². The number of ketones is 1. The SMILES string of the molecule is C/C=C/CC(CC(=O)C1C=CC=C(c2ccc(NC(=O)C(C)(C)C)cc2)C=C1)C(=O)O. The summed E-state index contributed by atoms with van der Waals surface area (Å²) in [5.41, 5.74) is 2.15. The average molecular weight is 422 g/mol. The summed E-state index contributed by atoms with van der Waals surface area (Å²) < 4.78 is 0. The summed E-state index contributed by atoms with van der Waals surface area (Å²) in [7, 11) is 0. The summed E-state index contributed by atoms with van der Waals surface area (Å²) in [5, 5.41) is 12.3. The van der Waals surface area contributed by atoms with E-state index in [0.717, 1.165) is 16.8 Å². The summed E-state index contributed by atoms with van der Waals surface area (Å²) >= 11 is 0. The van der Waals surface area contributed by atoms with Gasteiger partial charge < -0.3 is 10.4 Å². The van der Waals surface area contributed by atoms with Crippen LogP contribution in [0.4, 0.5) is 5.69 Å². The largest absolute Gasteiger partial charge is 0.481 e. The van der Waals surface area contributed by atoms with E-state index in [4.69, 9.17) is 0 Å². The number of hydrogen-bond acceptors (Lipinski definition) is 3. The van der Waals surface area contributed by atoms with Crippen molar-refractivity contribution in [3.8, 4) is 0 Å². The third-order valence-corrected chi connectivity index (χ3v) is 5.06. The van der Waals surface area contributed by atoms with E-state index in [9.17, 15) is 19.5 Å². The van der Waals surface area contributed by atoms with Gasteiger partial charge >= 0.3 is 5.97 Å². The number of anilines is 1. The van der Waals surface area contributed by atoms with E-state index in [0.29, 0.717) is 6.42 Å². The number of rotatable bonds is 8. The van der Waals surface area contributed by atoms with E-state index in [1.807, 2.05) is 76.3 Å². The molecule has 0 aliphatic heterocycles. The Kier molecular flexibility index (Phi) is 8.31. The van der Waals surface area contributed by atoms with Crippen LogP contribution in [0.1, 0.15) is 46.1 Å². The van der Waals surface area contributed by atoms with Crippen LogP contribution in [0.5, 0.6) is 0 Å². The van der Waals surface area contributed by atoms with Gasteiger partial charge in [0.05, 0.1) is 11.8 Å². The zero-order valence-electron chi connectivity index (χ0n) is 18.6. The fraction of sp³-hybridized carbons (Fsp3) is 0.346. The van der Waals surface area contributed by atoms with Crippen molar-refractivity contribution in [2.75, 3.05) is 5.32 Å². The number of allylic oxidation sites excluding steroid dienone is 8. The van der Waals surface area contributed by atoms with E-state index in [1.54, 1.807) is 18.2 Å². The molecule has 1 aromatic rings. The Morgan fingerprint density at radius 3 is 2.39 bits per heavy atom. The van der Waals surface area contributed by atoms with Gasteiger partial charge in [-0.3, -0.25) is 14.4 Å². The van der Waals surface area contributed by atoms with E-state index in [-0.39, 0.29) is 18.1 Å². The zero-order valence-corrected chi connectivity index (χ0v) is 18.6. The summed E-state index contributed by atoms with van der Waals surface area (Å²) in [6.45, 7) is 7.42. The number of hydrogen-bond donors (Lipinski definition) is 2. The van der Waals surface area contributed by atoms with Crippen LogP contribution in [0.2, 0.25) is 0 Å². The molecule has 31 heavy (non-hydrogen) atoms. The van der Waals surface area contributed by atoms with Crippen LogP contribution in [0.3, 0.4) is 0 Å². The first kappa shape index (κ1) is 24.1. The van der Waals surface area contributed by atoms with Crippen LogP contribution in [0, 0.1) is 17.3 Å². The summed E-state index contributed by atoms with van der Waals surface area (Å²) in [5.74, 6) is -2.28. The van der Waals surface area contributed by atoms with Gasteiger partial charge in [-0.25, -0.2) is 0 Å². The van der Waals surface area contributed by atoms with Gasteiger partial charge in [0, 0.05) is 17.5 Å². The molecule has 2 rings (SSSR count). The highest BCUT2D eigenvalue weighted by molar-refractivity contribution is 5.95. The van der Waals surface area contributed by atoms with Gasteiger partial charge in [-0.15, -0.1) is 0 Å². The Labute approximate surface area is 184 Å². The molecule has 1 aliphatic carbocycles. The number of carbonyl (C=O) groups excluding carboxylic acids is 2. The van der Waals surface area contributed by atoms with Crippen molar-refractivity contribution in [2.24, 2.45) is 17.3 Å². The van der Waals surface area contributed by atoms with Crippen LogP contribution in [0.15, 0.2) is 66.8 Å². The molecule has 1 amide bonds. The minimum atomic E-state index is -0.953. The predicted molar refractivity (Wildman–Crippen MR) is 124 cm³/mol. The third kappa shape index (κ3) is 7.21. The van der Waals surface area contributed by atoms with Gasteiger partial charge in [0.15, 0.2) is 0 Å². The minimum Gasteiger partial charge on any atom is -0.481 e. The molecule has 1 aromatic carbocycles. The molecular formula is C26H31NO4. The summed E-state index contributed by atoms with van der Waals surface area (Å²) in [4.78, 5) is 36.2. The predicted octanol–water partition coefficient (Wildman–Crippen LogP) is 5.42. The lowest BCUT2D eigenvalue weighted by Crippen LogP contribution is -2.27. The van der Waals surface area contributed by atoms with Crippen molar-refractivity contribution in [3.05, 3.63) is 72.4 Å². The highest BCUT2D eigenvalue weighted by Gasteiger charge is 2.24. The quantitative estimate of drug-likeness (QED) is 0.549. The molecule has 2 atom stereocenters. The van der Waals surface area contributed by atoms with E-state index in [2.05, 4.69) is 5.32 Å². The zero-order chi connectivity index (χ0) is 23.0. The van der Waals surface area contributed by atoms with Crippen LogP contribution in [-0.4, -0.2) is 22.8 Å². The molecule has 0 bridgehead atoms. The van der Waals surface area contributed by atoms with Crippen LogP contribution >= 0.6 is 0 Å². The van der Waals surface area contributed by atoms with Gasteiger partial charge in [-0.2, -0.15) is 0 Å². The van der Waals surface area contributed by atoms with Gasteiger partial charge in [-0.05, 0) is 36.6 Å². The molecule has 2 N–H and O–H groups in total. The van der Waals surface area contributed by atoms with Gasteiger partial charge in [0.25, 0.3) is 0 Å². The highest BCUT2D eigenvalue weighted by Crippen LogP contribution is 2.25. The number of carboxylic acids is 1. The minimum absolute atomic E-state index is 0.00345. The maximum absolute atomic E-state index is 12.6. The maximum Gasteiger partial charge on any atom is 0.307 e. The highest BCUT2D eigenvalue weighted by atomic mass is 16.4. The molecule has 0 spiro atoms.